The zero-order valence-electron chi connectivity index (χ0n) is 10.4. The molecule has 5 heteroatoms. The maximum atomic E-state index is 12.8. The van der Waals surface area contributed by atoms with Crippen molar-refractivity contribution < 1.29 is 13.7 Å². The number of benzene rings is 1. The summed E-state index contributed by atoms with van der Waals surface area (Å²) in [7, 11) is -2.52. The molecule has 0 amide bonds. The maximum Gasteiger partial charge on any atom is 0.159 e. The lowest BCUT2D eigenvalue weighted by Crippen LogP contribution is -2.40. The van der Waals surface area contributed by atoms with E-state index in [2.05, 4.69) is 5.87 Å². The summed E-state index contributed by atoms with van der Waals surface area (Å²) in [6.07, 6.45) is 0. The predicted molar refractivity (Wildman–Crippen MR) is 72.4 cm³/mol. The normalized spacial score (nSPS) is 20.3. The molecule has 1 aliphatic heterocycles. The highest BCUT2D eigenvalue weighted by Crippen LogP contribution is 2.18. The van der Waals surface area contributed by atoms with Gasteiger partial charge in [0.1, 0.15) is 0 Å². The fourth-order valence-electron chi connectivity index (χ4n) is 1.90. The molecule has 0 spiro atoms. The predicted octanol–water partition coefficient (Wildman–Crippen LogP) is 1.21. The highest BCUT2D eigenvalue weighted by molar-refractivity contribution is 7.98. The molecule has 0 saturated carbocycles. The molecule has 1 unspecified atom stereocenters. The van der Waals surface area contributed by atoms with Crippen LogP contribution in [0.5, 0.6) is 0 Å². The van der Waals surface area contributed by atoms with E-state index in [-0.39, 0.29) is 5.78 Å². The van der Waals surface area contributed by atoms with Crippen LogP contribution in [0, 0.1) is 0 Å². The van der Waals surface area contributed by atoms with E-state index < -0.39 is 9.71 Å². The number of Topliss-reactive ketones (excluding diaryl/α,β-unsaturated/α-hetero) is 1. The number of nitrogens with zero attached hydrogens (tertiary/aromatic N) is 1. The van der Waals surface area contributed by atoms with Crippen LogP contribution in [-0.2, 0) is 14.4 Å². The van der Waals surface area contributed by atoms with Gasteiger partial charge >= 0.3 is 0 Å². The highest BCUT2D eigenvalue weighted by atomic mass is 32.2. The Balaban J connectivity index is 2.34. The second-order valence-corrected chi connectivity index (χ2v) is 6.53. The van der Waals surface area contributed by atoms with Crippen LogP contribution < -0.4 is 0 Å². The smallest absolute Gasteiger partial charge is 0.159 e. The Labute approximate surface area is 108 Å². The van der Waals surface area contributed by atoms with Crippen LogP contribution in [-0.4, -0.2) is 46.5 Å². The number of hydrogen-bond acceptors (Lipinski definition) is 3. The van der Waals surface area contributed by atoms with Crippen LogP contribution in [0.3, 0.4) is 0 Å². The molecule has 4 nitrogen and oxygen atoms in total. The lowest BCUT2D eigenvalue weighted by molar-refractivity contribution is 0.0749. The molecule has 18 heavy (non-hydrogen) atoms. The molecule has 1 aromatic rings. The van der Waals surface area contributed by atoms with E-state index in [0.717, 1.165) is 0 Å². The van der Waals surface area contributed by atoms with Crippen molar-refractivity contribution in [2.45, 2.75) is 11.8 Å². The first-order chi connectivity index (χ1) is 8.51. The van der Waals surface area contributed by atoms with Crippen LogP contribution in [0.2, 0.25) is 0 Å². The third kappa shape index (κ3) is 2.63. The summed E-state index contributed by atoms with van der Waals surface area (Å²) in [4.78, 5) is 12.0. The average molecular weight is 267 g/mol. The fraction of sp³-hybridized carbons (Fsp3) is 0.385. The SMILES string of the molecule is C=S(=O)(c1cccc(C(C)=O)c1)N1CCOCC1. The largest absolute Gasteiger partial charge is 0.379 e. The fourth-order valence-corrected chi connectivity index (χ4v) is 3.54. The van der Waals surface area contributed by atoms with Crippen molar-refractivity contribution in [2.24, 2.45) is 0 Å². The first kappa shape index (κ1) is 13.3. The van der Waals surface area contributed by atoms with Crippen LogP contribution in [0.4, 0.5) is 0 Å². The molecular weight excluding hydrogens is 250 g/mol. The first-order valence-corrected chi connectivity index (χ1v) is 7.51. The highest BCUT2D eigenvalue weighted by Gasteiger charge is 2.21. The molecule has 1 aromatic carbocycles. The number of ketones is 1. The minimum atomic E-state index is -2.52. The zero-order valence-corrected chi connectivity index (χ0v) is 11.2. The molecule has 1 fully saturated rings. The Kier molecular flexibility index (Phi) is 3.85. The Morgan fingerprint density at radius 2 is 2.06 bits per heavy atom. The van der Waals surface area contributed by atoms with Gasteiger partial charge in [0.05, 0.1) is 22.9 Å². The van der Waals surface area contributed by atoms with Gasteiger partial charge in [0.25, 0.3) is 0 Å². The van der Waals surface area contributed by atoms with Gasteiger partial charge in [-0.05, 0) is 24.9 Å². The van der Waals surface area contributed by atoms with E-state index in [4.69, 9.17) is 4.74 Å². The second-order valence-electron chi connectivity index (χ2n) is 4.27. The van der Waals surface area contributed by atoms with Gasteiger partial charge in [0.2, 0.25) is 0 Å². The first-order valence-electron chi connectivity index (χ1n) is 5.83. The summed E-state index contributed by atoms with van der Waals surface area (Å²) < 4.78 is 19.8. The van der Waals surface area contributed by atoms with E-state index in [9.17, 15) is 9.00 Å². The number of hydrogen-bond donors (Lipinski definition) is 0. The van der Waals surface area contributed by atoms with Crippen molar-refractivity contribution in [2.75, 3.05) is 26.3 Å². The Morgan fingerprint density at radius 3 is 2.67 bits per heavy atom. The minimum Gasteiger partial charge on any atom is -0.379 e. The van der Waals surface area contributed by atoms with Crippen LogP contribution in [0.15, 0.2) is 29.2 Å². The van der Waals surface area contributed by atoms with E-state index >= 15 is 0 Å². The molecule has 2 rings (SSSR count). The van der Waals surface area contributed by atoms with E-state index in [1.165, 1.54) is 6.92 Å². The van der Waals surface area contributed by atoms with Crippen molar-refractivity contribution in [1.29, 1.82) is 0 Å². The van der Waals surface area contributed by atoms with Gasteiger partial charge in [0.15, 0.2) is 5.78 Å². The van der Waals surface area contributed by atoms with Crippen molar-refractivity contribution in [3.63, 3.8) is 0 Å². The minimum absolute atomic E-state index is 0.0333. The third-order valence-corrected chi connectivity index (χ3v) is 5.19. The summed E-state index contributed by atoms with van der Waals surface area (Å²) in [6.45, 7) is 3.84. The Bertz CT molecular complexity index is 545. The summed E-state index contributed by atoms with van der Waals surface area (Å²) in [6, 6.07) is 6.91. The molecule has 0 radical (unpaired) electrons. The molecule has 1 aliphatic rings. The van der Waals surface area contributed by atoms with E-state index in [1.807, 2.05) is 4.31 Å². The molecule has 0 bridgehead atoms. The number of carbonyl (C=O) groups is 1. The molecule has 1 saturated heterocycles. The van der Waals surface area contributed by atoms with Gasteiger partial charge in [-0.25, -0.2) is 8.51 Å². The van der Waals surface area contributed by atoms with Crippen molar-refractivity contribution in [1.82, 2.24) is 4.31 Å². The summed E-state index contributed by atoms with van der Waals surface area (Å²) in [5.41, 5.74) is 0.567. The van der Waals surface area contributed by atoms with Gasteiger partial charge in [0, 0.05) is 23.5 Å². The molecule has 1 atom stereocenters. The average Bonchev–Trinajstić information content (AvgIpc) is 2.40. The maximum absolute atomic E-state index is 12.8. The lowest BCUT2D eigenvalue weighted by Gasteiger charge is -2.29. The molecule has 0 aliphatic carbocycles. The van der Waals surface area contributed by atoms with Crippen LogP contribution in [0.1, 0.15) is 17.3 Å². The van der Waals surface area contributed by atoms with Crippen molar-refractivity contribution >= 4 is 21.4 Å². The van der Waals surface area contributed by atoms with E-state index in [0.29, 0.717) is 36.8 Å². The topological polar surface area (TPSA) is 46.6 Å². The summed E-state index contributed by atoms with van der Waals surface area (Å²) in [5.74, 6) is 3.82. The monoisotopic (exact) mass is 267 g/mol. The van der Waals surface area contributed by atoms with E-state index in [1.54, 1.807) is 24.3 Å². The lowest BCUT2D eigenvalue weighted by atomic mass is 10.2. The van der Waals surface area contributed by atoms with Gasteiger partial charge in [-0.2, -0.15) is 0 Å². The van der Waals surface area contributed by atoms with Crippen molar-refractivity contribution in [3.8, 4) is 0 Å². The molecule has 0 N–H and O–H groups in total. The van der Waals surface area contributed by atoms with Gasteiger partial charge in [-0.1, -0.05) is 12.1 Å². The standard InChI is InChI=1S/C13H17NO3S/c1-11(15)12-4-3-5-13(10-12)18(2,16)14-6-8-17-9-7-14/h3-5,10H,2,6-9H2,1H3. The number of rotatable bonds is 3. The number of carbonyl (C=O) groups excluding carboxylic acids is 1. The quantitative estimate of drug-likeness (QED) is 0.611. The molecular formula is C13H17NO3S. The van der Waals surface area contributed by atoms with Gasteiger partial charge < -0.3 is 4.74 Å². The van der Waals surface area contributed by atoms with Crippen LogP contribution in [0.25, 0.3) is 0 Å². The van der Waals surface area contributed by atoms with Crippen LogP contribution >= 0.6 is 0 Å². The third-order valence-electron chi connectivity index (χ3n) is 3.00. The molecule has 98 valence electrons. The van der Waals surface area contributed by atoms with Crippen molar-refractivity contribution in [3.05, 3.63) is 29.8 Å². The summed E-state index contributed by atoms with van der Waals surface area (Å²) >= 11 is 0. The number of ether oxygens (including phenoxy) is 1. The summed E-state index contributed by atoms with van der Waals surface area (Å²) in [5, 5.41) is 0. The molecule has 0 aromatic heterocycles. The van der Waals surface area contributed by atoms with Gasteiger partial charge in [-0.15, -0.1) is 0 Å². The Hall–Kier alpha value is -1.17. The second kappa shape index (κ2) is 5.22. The molecule has 1 heterocycles. The van der Waals surface area contributed by atoms with Gasteiger partial charge in [-0.3, -0.25) is 4.79 Å². The zero-order chi connectivity index (χ0) is 13.2. The Morgan fingerprint density at radius 1 is 1.39 bits per heavy atom. The number of morpholine rings is 1.